The van der Waals surface area contributed by atoms with Crippen molar-refractivity contribution >= 4 is 31.5 Å². The van der Waals surface area contributed by atoms with E-state index in [4.69, 9.17) is 0 Å². The smallest absolute Gasteiger partial charge is 0.0433 e. The molecule has 6 rings (SSSR count). The summed E-state index contributed by atoms with van der Waals surface area (Å²) in [5.74, 6) is 0. The molecular weight excluding hydrogens is 392 g/mol. The molecule has 0 spiro atoms. The van der Waals surface area contributed by atoms with Crippen molar-refractivity contribution in [2.75, 3.05) is 0 Å². The fraction of sp³-hybridized carbons (Fsp3) is 0. The molecule has 6 aromatic rings. The molecule has 0 atom stereocenters. The molecular formula is C30H20S. The van der Waals surface area contributed by atoms with Crippen molar-refractivity contribution in [2.24, 2.45) is 0 Å². The Bertz CT molecular complexity index is 1490. The second-order valence-corrected chi connectivity index (χ2v) is 8.85. The maximum absolute atomic E-state index is 2.25. The number of fused-ring (bicyclic) bond motifs is 3. The zero-order valence-corrected chi connectivity index (χ0v) is 17.8. The first-order valence-electron chi connectivity index (χ1n) is 10.5. The summed E-state index contributed by atoms with van der Waals surface area (Å²) in [5.41, 5.74) is 7.56. The van der Waals surface area contributed by atoms with E-state index in [0.29, 0.717) is 0 Å². The van der Waals surface area contributed by atoms with Crippen LogP contribution >= 0.6 is 11.3 Å². The van der Waals surface area contributed by atoms with Gasteiger partial charge in [-0.1, -0.05) is 115 Å². The summed E-state index contributed by atoms with van der Waals surface area (Å²) in [6.45, 7) is 0. The monoisotopic (exact) mass is 412 g/mol. The van der Waals surface area contributed by atoms with E-state index in [9.17, 15) is 0 Å². The van der Waals surface area contributed by atoms with Crippen LogP contribution in [0, 0.1) is 0 Å². The second-order valence-electron chi connectivity index (χ2n) is 7.80. The highest BCUT2D eigenvalue weighted by Gasteiger charge is 2.10. The first-order chi connectivity index (χ1) is 15.4. The minimum Gasteiger partial charge on any atom is -0.135 e. The van der Waals surface area contributed by atoms with Gasteiger partial charge in [-0.3, -0.25) is 0 Å². The normalized spacial score (nSPS) is 11.2. The lowest BCUT2D eigenvalue weighted by Gasteiger charge is -2.08. The Morgan fingerprint density at radius 3 is 1.55 bits per heavy atom. The molecule has 0 nitrogen and oxygen atoms in total. The van der Waals surface area contributed by atoms with Gasteiger partial charge in [-0.15, -0.1) is 11.3 Å². The van der Waals surface area contributed by atoms with Crippen LogP contribution in [0.5, 0.6) is 0 Å². The van der Waals surface area contributed by atoms with Crippen LogP contribution in [0.1, 0.15) is 0 Å². The minimum absolute atomic E-state index is 1.24. The number of thiophene rings is 1. The van der Waals surface area contributed by atoms with Crippen molar-refractivity contribution in [3.05, 3.63) is 121 Å². The van der Waals surface area contributed by atoms with E-state index in [0.717, 1.165) is 0 Å². The highest BCUT2D eigenvalue weighted by atomic mass is 32.1. The third kappa shape index (κ3) is 3.24. The van der Waals surface area contributed by atoms with Crippen LogP contribution in [-0.4, -0.2) is 0 Å². The third-order valence-electron chi connectivity index (χ3n) is 5.93. The van der Waals surface area contributed by atoms with E-state index in [1.807, 2.05) is 11.3 Å². The molecule has 1 heteroatoms. The maximum Gasteiger partial charge on any atom is 0.0433 e. The molecule has 0 amide bonds. The van der Waals surface area contributed by atoms with Gasteiger partial charge in [0.05, 0.1) is 0 Å². The van der Waals surface area contributed by atoms with Gasteiger partial charge >= 0.3 is 0 Å². The fourth-order valence-electron chi connectivity index (χ4n) is 4.30. The minimum atomic E-state index is 1.24. The summed E-state index contributed by atoms with van der Waals surface area (Å²) >= 11 is 1.88. The van der Waals surface area contributed by atoms with Crippen LogP contribution in [0.25, 0.3) is 53.6 Å². The largest absolute Gasteiger partial charge is 0.135 e. The number of rotatable bonds is 3. The number of hydrogen-bond donors (Lipinski definition) is 0. The predicted octanol–water partition coefficient (Wildman–Crippen LogP) is 9.06. The molecule has 0 N–H and O–H groups in total. The topological polar surface area (TPSA) is 0 Å². The molecule has 0 aliphatic carbocycles. The molecule has 31 heavy (non-hydrogen) atoms. The van der Waals surface area contributed by atoms with Crippen LogP contribution in [-0.2, 0) is 0 Å². The van der Waals surface area contributed by atoms with Gasteiger partial charge in [0.2, 0.25) is 0 Å². The first-order valence-corrected chi connectivity index (χ1v) is 11.3. The summed E-state index contributed by atoms with van der Waals surface area (Å²) < 4.78 is 2.71. The summed E-state index contributed by atoms with van der Waals surface area (Å²) in [4.78, 5) is 0. The van der Waals surface area contributed by atoms with Crippen LogP contribution in [0.2, 0.25) is 0 Å². The third-order valence-corrected chi connectivity index (χ3v) is 7.15. The van der Waals surface area contributed by atoms with Crippen LogP contribution in [0.3, 0.4) is 0 Å². The first kappa shape index (κ1) is 18.1. The molecule has 0 aliphatic rings. The highest BCUT2D eigenvalue weighted by Crippen LogP contribution is 2.40. The van der Waals surface area contributed by atoms with Crippen molar-refractivity contribution in [1.82, 2.24) is 0 Å². The molecule has 146 valence electrons. The maximum atomic E-state index is 2.25. The van der Waals surface area contributed by atoms with Gasteiger partial charge in [-0.25, -0.2) is 0 Å². The predicted molar refractivity (Wildman–Crippen MR) is 136 cm³/mol. The Kier molecular flexibility index (Phi) is 4.40. The summed E-state index contributed by atoms with van der Waals surface area (Å²) in [5, 5.41) is 2.69. The number of benzene rings is 5. The lowest BCUT2D eigenvalue weighted by molar-refractivity contribution is 1.59. The molecule has 0 saturated carbocycles. The van der Waals surface area contributed by atoms with Gasteiger partial charge < -0.3 is 0 Å². The molecule has 5 aromatic carbocycles. The van der Waals surface area contributed by atoms with Crippen molar-refractivity contribution in [3.63, 3.8) is 0 Å². The van der Waals surface area contributed by atoms with Gasteiger partial charge in [0, 0.05) is 20.2 Å². The van der Waals surface area contributed by atoms with Crippen molar-refractivity contribution in [1.29, 1.82) is 0 Å². The highest BCUT2D eigenvalue weighted by molar-refractivity contribution is 7.26. The molecule has 1 aromatic heterocycles. The summed E-state index contributed by atoms with van der Waals surface area (Å²) in [6.07, 6.45) is 0. The van der Waals surface area contributed by atoms with Crippen LogP contribution in [0.4, 0.5) is 0 Å². The van der Waals surface area contributed by atoms with Crippen LogP contribution in [0.15, 0.2) is 121 Å². The lowest BCUT2D eigenvalue weighted by atomic mass is 9.97. The Morgan fingerprint density at radius 1 is 0.355 bits per heavy atom. The van der Waals surface area contributed by atoms with E-state index in [2.05, 4.69) is 121 Å². The van der Waals surface area contributed by atoms with Crippen molar-refractivity contribution < 1.29 is 0 Å². The molecule has 0 radical (unpaired) electrons. The molecule has 0 fully saturated rings. The van der Waals surface area contributed by atoms with E-state index in [1.165, 1.54) is 53.6 Å². The Hall–Kier alpha value is -3.68. The van der Waals surface area contributed by atoms with E-state index >= 15 is 0 Å². The lowest BCUT2D eigenvalue weighted by Crippen LogP contribution is -1.82. The van der Waals surface area contributed by atoms with E-state index < -0.39 is 0 Å². The molecule has 1 heterocycles. The zero-order chi connectivity index (χ0) is 20.6. The van der Waals surface area contributed by atoms with Gasteiger partial charge in [0.25, 0.3) is 0 Å². The summed E-state index contributed by atoms with van der Waals surface area (Å²) in [7, 11) is 0. The average Bonchev–Trinajstić information content (AvgIpc) is 3.24. The molecule has 0 bridgehead atoms. The van der Waals surface area contributed by atoms with Gasteiger partial charge in [0.1, 0.15) is 0 Å². The van der Waals surface area contributed by atoms with Crippen molar-refractivity contribution in [2.45, 2.75) is 0 Å². The average molecular weight is 413 g/mol. The molecule has 0 aliphatic heterocycles. The number of hydrogen-bond acceptors (Lipinski definition) is 1. The standard InChI is InChI=1S/C30H20S/c1-2-7-21(8-3-1)22-13-15-23(16-14-22)24-17-19-25(20-18-24)26-10-6-11-28-27-9-4-5-12-29(27)31-30(26)28/h1-20H. The van der Waals surface area contributed by atoms with Gasteiger partial charge in [0.15, 0.2) is 0 Å². The Labute approximate surface area is 186 Å². The Morgan fingerprint density at radius 2 is 0.871 bits per heavy atom. The SMILES string of the molecule is c1ccc(-c2ccc(-c3ccc(-c4cccc5c4sc4ccccc45)cc3)cc2)cc1. The van der Waals surface area contributed by atoms with Crippen molar-refractivity contribution in [3.8, 4) is 33.4 Å². The van der Waals surface area contributed by atoms with E-state index in [-0.39, 0.29) is 0 Å². The van der Waals surface area contributed by atoms with Gasteiger partial charge in [-0.2, -0.15) is 0 Å². The van der Waals surface area contributed by atoms with Gasteiger partial charge in [-0.05, 0) is 39.4 Å². The quantitative estimate of drug-likeness (QED) is 0.272. The molecule has 0 unspecified atom stereocenters. The second kappa shape index (κ2) is 7.54. The summed E-state index contributed by atoms with van der Waals surface area (Å²) in [6, 6.07) is 43.7. The fourth-order valence-corrected chi connectivity index (χ4v) is 5.54. The Balaban J connectivity index is 1.36. The zero-order valence-electron chi connectivity index (χ0n) is 17.0. The van der Waals surface area contributed by atoms with Crippen LogP contribution < -0.4 is 0 Å². The molecule has 0 saturated heterocycles. The van der Waals surface area contributed by atoms with E-state index in [1.54, 1.807) is 0 Å².